The highest BCUT2D eigenvalue weighted by Gasteiger charge is 2.29. The Balaban J connectivity index is 1.63. The monoisotopic (exact) mass is 367 g/mol. The summed E-state index contributed by atoms with van der Waals surface area (Å²) in [7, 11) is 0. The second-order valence-corrected chi connectivity index (χ2v) is 6.60. The highest BCUT2D eigenvalue weighted by Crippen LogP contribution is 2.22. The van der Waals surface area contributed by atoms with Gasteiger partial charge in [-0.05, 0) is 25.0 Å². The number of rotatable bonds is 5. The number of para-hydroxylation sites is 2. The molecule has 140 valence electrons. The van der Waals surface area contributed by atoms with Gasteiger partial charge in [0.25, 0.3) is 5.69 Å². The van der Waals surface area contributed by atoms with E-state index in [1.54, 1.807) is 23.1 Å². The molecule has 0 spiro atoms. The van der Waals surface area contributed by atoms with Gasteiger partial charge < -0.3 is 10.2 Å². The van der Waals surface area contributed by atoms with Crippen molar-refractivity contribution < 1.29 is 14.5 Å². The van der Waals surface area contributed by atoms with E-state index in [0.717, 1.165) is 12.1 Å². The number of nitro benzene ring substituents is 1. The van der Waals surface area contributed by atoms with Gasteiger partial charge in [-0.2, -0.15) is 0 Å². The Hall–Kier alpha value is -3.22. The maximum absolute atomic E-state index is 12.6. The van der Waals surface area contributed by atoms with E-state index in [-0.39, 0.29) is 29.8 Å². The van der Waals surface area contributed by atoms with Gasteiger partial charge in [0.05, 0.1) is 17.3 Å². The summed E-state index contributed by atoms with van der Waals surface area (Å²) in [6.07, 6.45) is 1.41. The van der Waals surface area contributed by atoms with Gasteiger partial charge in [0, 0.05) is 30.4 Å². The van der Waals surface area contributed by atoms with Crippen LogP contribution in [0, 0.1) is 16.0 Å². The fraction of sp³-hybridized carbons (Fsp3) is 0.300. The summed E-state index contributed by atoms with van der Waals surface area (Å²) in [6.45, 7) is 0.896. The van der Waals surface area contributed by atoms with Crippen LogP contribution in [0.3, 0.4) is 0 Å². The molecule has 0 aromatic heterocycles. The number of nitro groups is 1. The predicted molar refractivity (Wildman–Crippen MR) is 101 cm³/mol. The average molecular weight is 367 g/mol. The van der Waals surface area contributed by atoms with Crippen LogP contribution in [-0.2, 0) is 16.0 Å². The molecule has 0 bridgehead atoms. The van der Waals surface area contributed by atoms with E-state index in [0.29, 0.717) is 25.1 Å². The zero-order valence-corrected chi connectivity index (χ0v) is 14.8. The van der Waals surface area contributed by atoms with E-state index in [9.17, 15) is 19.7 Å². The third-order valence-electron chi connectivity index (χ3n) is 4.72. The second-order valence-electron chi connectivity index (χ2n) is 6.60. The number of likely N-dealkylation sites (tertiary alicyclic amines) is 1. The minimum Gasteiger partial charge on any atom is -0.342 e. The van der Waals surface area contributed by atoms with Crippen molar-refractivity contribution >= 4 is 23.2 Å². The summed E-state index contributed by atoms with van der Waals surface area (Å²) in [4.78, 5) is 37.4. The minimum absolute atomic E-state index is 0.0375. The number of hydrogen-bond acceptors (Lipinski definition) is 4. The molecule has 7 nitrogen and oxygen atoms in total. The van der Waals surface area contributed by atoms with Crippen LogP contribution >= 0.6 is 0 Å². The van der Waals surface area contributed by atoms with Crippen LogP contribution in [0.4, 0.5) is 11.4 Å². The van der Waals surface area contributed by atoms with Crippen molar-refractivity contribution in [3.63, 3.8) is 0 Å². The molecule has 3 rings (SSSR count). The average Bonchev–Trinajstić information content (AvgIpc) is 2.69. The number of anilines is 1. The highest BCUT2D eigenvalue weighted by molar-refractivity contribution is 5.93. The first-order chi connectivity index (χ1) is 13.0. The van der Waals surface area contributed by atoms with E-state index in [1.165, 1.54) is 6.07 Å². The Kier molecular flexibility index (Phi) is 5.80. The first-order valence-corrected chi connectivity index (χ1v) is 8.90. The molecule has 27 heavy (non-hydrogen) atoms. The Bertz CT molecular complexity index is 838. The van der Waals surface area contributed by atoms with Gasteiger partial charge >= 0.3 is 0 Å². The summed E-state index contributed by atoms with van der Waals surface area (Å²) < 4.78 is 0. The first kappa shape index (κ1) is 18.6. The molecule has 1 saturated heterocycles. The summed E-state index contributed by atoms with van der Waals surface area (Å²) in [5, 5.41) is 14.0. The first-order valence-electron chi connectivity index (χ1n) is 8.90. The van der Waals surface area contributed by atoms with Crippen LogP contribution in [0.2, 0.25) is 0 Å². The smallest absolute Gasteiger partial charge is 0.273 e. The van der Waals surface area contributed by atoms with E-state index < -0.39 is 4.92 Å². The van der Waals surface area contributed by atoms with Gasteiger partial charge in [0.1, 0.15) is 0 Å². The van der Waals surface area contributed by atoms with Crippen molar-refractivity contribution in [1.29, 1.82) is 0 Å². The Morgan fingerprint density at radius 2 is 1.81 bits per heavy atom. The Morgan fingerprint density at radius 1 is 1.11 bits per heavy atom. The highest BCUT2D eigenvalue weighted by atomic mass is 16.6. The molecule has 2 amide bonds. The van der Waals surface area contributed by atoms with Crippen molar-refractivity contribution in [1.82, 2.24) is 4.90 Å². The number of hydrogen-bond donors (Lipinski definition) is 1. The molecule has 1 N–H and O–H groups in total. The number of piperidine rings is 1. The lowest BCUT2D eigenvalue weighted by Crippen LogP contribution is -2.44. The normalized spacial score (nSPS) is 16.6. The molecule has 1 atom stereocenters. The number of carbonyl (C=O) groups excluding carboxylic acids is 2. The zero-order valence-electron chi connectivity index (χ0n) is 14.8. The number of nitrogens with one attached hydrogen (secondary N) is 1. The van der Waals surface area contributed by atoms with Crippen LogP contribution < -0.4 is 5.32 Å². The molecule has 1 heterocycles. The van der Waals surface area contributed by atoms with Crippen LogP contribution in [-0.4, -0.2) is 34.7 Å². The van der Waals surface area contributed by atoms with Crippen molar-refractivity contribution in [2.45, 2.75) is 19.3 Å². The van der Waals surface area contributed by atoms with Crippen molar-refractivity contribution in [2.75, 3.05) is 18.4 Å². The van der Waals surface area contributed by atoms with E-state index >= 15 is 0 Å². The van der Waals surface area contributed by atoms with Crippen LogP contribution in [0.1, 0.15) is 18.4 Å². The Labute approximate surface area is 157 Å². The SMILES string of the molecule is O=C(Nc1ccccc1)C1CCCN(C(=O)Cc2ccccc2[N+](=O)[O-])C1. The predicted octanol–water partition coefficient (Wildman–Crippen LogP) is 3.01. The molecule has 0 radical (unpaired) electrons. The van der Waals surface area contributed by atoms with Crippen LogP contribution in [0.25, 0.3) is 0 Å². The van der Waals surface area contributed by atoms with E-state index in [2.05, 4.69) is 5.32 Å². The summed E-state index contributed by atoms with van der Waals surface area (Å²) in [5.74, 6) is -0.584. The molecule has 2 aromatic rings. The molecule has 1 fully saturated rings. The molecule has 0 saturated carbocycles. The lowest BCUT2D eigenvalue weighted by molar-refractivity contribution is -0.385. The minimum atomic E-state index is -0.477. The van der Waals surface area contributed by atoms with Crippen molar-refractivity contribution in [3.05, 3.63) is 70.3 Å². The third kappa shape index (κ3) is 4.69. The largest absolute Gasteiger partial charge is 0.342 e. The number of nitrogens with zero attached hydrogens (tertiary/aromatic N) is 2. The van der Waals surface area contributed by atoms with Crippen LogP contribution in [0.5, 0.6) is 0 Å². The molecular weight excluding hydrogens is 346 g/mol. The lowest BCUT2D eigenvalue weighted by Gasteiger charge is -2.32. The fourth-order valence-electron chi connectivity index (χ4n) is 3.30. The standard InChI is InChI=1S/C20H21N3O4/c24-19(13-15-7-4-5-11-18(15)23(26)27)22-12-6-8-16(14-22)20(25)21-17-9-2-1-3-10-17/h1-5,7,9-11,16H,6,8,12-14H2,(H,21,25). The lowest BCUT2D eigenvalue weighted by atomic mass is 9.96. The molecule has 0 aliphatic carbocycles. The van der Waals surface area contributed by atoms with Crippen molar-refractivity contribution in [2.24, 2.45) is 5.92 Å². The summed E-state index contributed by atoms with van der Waals surface area (Å²) in [6, 6.07) is 15.5. The number of amides is 2. The third-order valence-corrected chi connectivity index (χ3v) is 4.72. The molecule has 1 aliphatic heterocycles. The molecule has 1 unspecified atom stereocenters. The molecular formula is C20H21N3O4. The molecule has 2 aromatic carbocycles. The van der Waals surface area contributed by atoms with Gasteiger partial charge in [-0.15, -0.1) is 0 Å². The Morgan fingerprint density at radius 3 is 2.56 bits per heavy atom. The quantitative estimate of drug-likeness (QED) is 0.649. The fourth-order valence-corrected chi connectivity index (χ4v) is 3.30. The summed E-state index contributed by atoms with van der Waals surface area (Å²) in [5.41, 5.74) is 1.07. The zero-order chi connectivity index (χ0) is 19.2. The van der Waals surface area contributed by atoms with Crippen molar-refractivity contribution in [3.8, 4) is 0 Å². The molecule has 7 heteroatoms. The van der Waals surface area contributed by atoms with Gasteiger partial charge in [0.15, 0.2) is 0 Å². The number of carbonyl (C=O) groups is 2. The maximum Gasteiger partial charge on any atom is 0.273 e. The molecule has 1 aliphatic rings. The van der Waals surface area contributed by atoms with Gasteiger partial charge in [-0.25, -0.2) is 0 Å². The van der Waals surface area contributed by atoms with E-state index in [4.69, 9.17) is 0 Å². The maximum atomic E-state index is 12.6. The van der Waals surface area contributed by atoms with Crippen LogP contribution in [0.15, 0.2) is 54.6 Å². The van der Waals surface area contributed by atoms with E-state index in [1.807, 2.05) is 30.3 Å². The van der Waals surface area contributed by atoms with Gasteiger partial charge in [0.2, 0.25) is 11.8 Å². The topological polar surface area (TPSA) is 92.6 Å². The van der Waals surface area contributed by atoms with Gasteiger partial charge in [-0.3, -0.25) is 19.7 Å². The summed E-state index contributed by atoms with van der Waals surface area (Å²) >= 11 is 0. The number of benzene rings is 2. The van der Waals surface area contributed by atoms with Gasteiger partial charge in [-0.1, -0.05) is 36.4 Å². The second kappa shape index (κ2) is 8.44.